The van der Waals surface area contributed by atoms with Crippen molar-refractivity contribution in [2.24, 2.45) is 0 Å². The van der Waals surface area contributed by atoms with Crippen molar-refractivity contribution in [1.29, 1.82) is 0 Å². The van der Waals surface area contributed by atoms with Crippen LogP contribution in [0.5, 0.6) is 0 Å². The predicted molar refractivity (Wildman–Crippen MR) is 136 cm³/mol. The number of fused-ring (bicyclic) bond motifs is 1. The van der Waals surface area contributed by atoms with E-state index in [1.165, 1.54) is 18.7 Å². The molecule has 0 radical (unpaired) electrons. The first-order valence-electron chi connectivity index (χ1n) is 11.9. The predicted octanol–water partition coefficient (Wildman–Crippen LogP) is 1.91. The van der Waals surface area contributed by atoms with Crippen molar-refractivity contribution in [3.05, 3.63) is 57.9 Å². The number of hydrogen-bond acceptors (Lipinski definition) is 6. The maximum absolute atomic E-state index is 13.4. The van der Waals surface area contributed by atoms with Crippen LogP contribution in [0.15, 0.2) is 30.3 Å². The smallest absolute Gasteiger partial charge is 0.270 e. The number of aryl methyl sites for hydroxylation is 1. The number of aromatic nitrogens is 1. The average Bonchev–Trinajstić information content (AvgIpc) is 3.55. The third-order valence-corrected chi connectivity index (χ3v) is 11.1. The number of carbonyl (C=O) groups is 2. The molecule has 2 aromatic rings. The molecule has 3 N–H and O–H groups in total. The first-order chi connectivity index (χ1) is 16.8. The van der Waals surface area contributed by atoms with E-state index in [1.807, 2.05) is 12.1 Å². The van der Waals surface area contributed by atoms with E-state index in [0.717, 1.165) is 5.56 Å². The van der Waals surface area contributed by atoms with E-state index in [4.69, 9.17) is 11.6 Å². The topological polar surface area (TPSA) is 129 Å². The Morgan fingerprint density at radius 2 is 1.86 bits per heavy atom. The SMILES string of the molecule is Cc1cc2n(c1C(=O)NCc1ccc(Cl)cc1)CCN(CC1(S(=O)(=O)C(C)(C)[C@H](O)CO)CC1)C2=O. The fourth-order valence-electron chi connectivity index (χ4n) is 4.86. The number of sulfone groups is 1. The summed E-state index contributed by atoms with van der Waals surface area (Å²) in [5.74, 6) is -0.626. The van der Waals surface area contributed by atoms with Gasteiger partial charge >= 0.3 is 0 Å². The number of aliphatic hydroxyl groups is 2. The van der Waals surface area contributed by atoms with Gasteiger partial charge in [-0.25, -0.2) is 8.42 Å². The standard InChI is InChI=1S/C25H32ClN3O6S/c1-16-12-19-23(33)28(15-25(8-9-25)36(34,35)24(2,3)20(31)14-30)10-11-29(19)21(16)22(32)27-13-17-4-6-18(26)7-5-17/h4-7,12,20,30-31H,8-11,13-15H2,1-3H3,(H,27,32)/t20-/m1/s1. The third-order valence-electron chi connectivity index (χ3n) is 7.49. The first kappa shape index (κ1) is 26.7. The molecule has 1 atom stereocenters. The van der Waals surface area contributed by atoms with Crippen LogP contribution in [0, 0.1) is 6.92 Å². The minimum atomic E-state index is -3.87. The molecule has 1 aliphatic heterocycles. The lowest BCUT2D eigenvalue weighted by molar-refractivity contribution is 0.0665. The fourth-order valence-corrected chi connectivity index (χ4v) is 7.50. The van der Waals surface area contributed by atoms with E-state index in [9.17, 15) is 28.2 Å². The number of aliphatic hydroxyl groups excluding tert-OH is 2. The molecular weight excluding hydrogens is 506 g/mol. The highest BCUT2D eigenvalue weighted by atomic mass is 35.5. The molecule has 36 heavy (non-hydrogen) atoms. The number of benzene rings is 1. The van der Waals surface area contributed by atoms with E-state index in [-0.39, 0.29) is 24.9 Å². The van der Waals surface area contributed by atoms with Crippen LogP contribution >= 0.6 is 11.6 Å². The maximum atomic E-state index is 13.4. The van der Waals surface area contributed by atoms with Crippen LogP contribution in [0.3, 0.4) is 0 Å². The van der Waals surface area contributed by atoms with Gasteiger partial charge in [0, 0.05) is 31.2 Å². The Morgan fingerprint density at radius 1 is 1.22 bits per heavy atom. The van der Waals surface area contributed by atoms with Crippen LogP contribution in [0.2, 0.25) is 5.02 Å². The maximum Gasteiger partial charge on any atom is 0.270 e. The van der Waals surface area contributed by atoms with Crippen LogP contribution in [0.25, 0.3) is 0 Å². The number of amides is 2. The lowest BCUT2D eigenvalue weighted by atomic mass is 10.1. The molecule has 0 spiro atoms. The van der Waals surface area contributed by atoms with Crippen molar-refractivity contribution in [3.8, 4) is 0 Å². The molecule has 11 heteroatoms. The van der Waals surface area contributed by atoms with Crippen molar-refractivity contribution >= 4 is 33.3 Å². The molecule has 1 saturated carbocycles. The summed E-state index contributed by atoms with van der Waals surface area (Å²) in [6.07, 6.45) is -0.649. The molecule has 2 amide bonds. The summed E-state index contributed by atoms with van der Waals surface area (Å²) in [6.45, 7) is 4.86. The van der Waals surface area contributed by atoms with Crippen LogP contribution in [-0.4, -0.2) is 75.2 Å². The van der Waals surface area contributed by atoms with Gasteiger partial charge in [-0.2, -0.15) is 0 Å². The average molecular weight is 538 g/mol. The van der Waals surface area contributed by atoms with E-state index in [0.29, 0.717) is 47.9 Å². The second kappa shape index (κ2) is 9.48. The van der Waals surface area contributed by atoms with Gasteiger partial charge in [0.15, 0.2) is 9.84 Å². The summed E-state index contributed by atoms with van der Waals surface area (Å²) < 4.78 is 25.9. The Labute approximate surface area is 216 Å². The van der Waals surface area contributed by atoms with Gasteiger partial charge in [-0.1, -0.05) is 23.7 Å². The minimum Gasteiger partial charge on any atom is -0.394 e. The van der Waals surface area contributed by atoms with E-state index < -0.39 is 32.0 Å². The fraction of sp³-hybridized carbons (Fsp3) is 0.520. The molecule has 1 aliphatic carbocycles. The molecule has 0 saturated heterocycles. The van der Waals surface area contributed by atoms with Crippen molar-refractivity contribution in [2.75, 3.05) is 19.7 Å². The van der Waals surface area contributed by atoms with Gasteiger partial charge in [0.1, 0.15) is 11.4 Å². The molecular formula is C25H32ClN3O6S. The van der Waals surface area contributed by atoms with Gasteiger partial charge in [0.25, 0.3) is 11.8 Å². The highest BCUT2D eigenvalue weighted by Crippen LogP contribution is 2.50. The molecule has 1 aromatic carbocycles. The van der Waals surface area contributed by atoms with Gasteiger partial charge < -0.3 is 25.0 Å². The van der Waals surface area contributed by atoms with Crippen LogP contribution < -0.4 is 5.32 Å². The number of nitrogens with one attached hydrogen (secondary N) is 1. The number of halogens is 1. The second-order valence-electron chi connectivity index (χ2n) is 10.2. The summed E-state index contributed by atoms with van der Waals surface area (Å²) in [5.41, 5.74) is 2.31. The highest BCUT2D eigenvalue weighted by molar-refractivity contribution is 7.94. The van der Waals surface area contributed by atoms with Crippen molar-refractivity contribution in [3.63, 3.8) is 0 Å². The summed E-state index contributed by atoms with van der Waals surface area (Å²) in [6, 6.07) is 8.82. The lowest BCUT2D eigenvalue weighted by Crippen LogP contribution is -2.55. The Hall–Kier alpha value is -2.40. The molecule has 196 valence electrons. The summed E-state index contributed by atoms with van der Waals surface area (Å²) in [5, 5.41) is 23.0. The number of nitrogens with zero attached hydrogens (tertiary/aromatic N) is 2. The Kier molecular flexibility index (Phi) is 7.02. The zero-order valence-corrected chi connectivity index (χ0v) is 22.2. The Morgan fingerprint density at radius 3 is 2.44 bits per heavy atom. The molecule has 1 fully saturated rings. The zero-order valence-electron chi connectivity index (χ0n) is 20.6. The lowest BCUT2D eigenvalue weighted by Gasteiger charge is -2.37. The number of carbonyl (C=O) groups excluding carboxylic acids is 2. The summed E-state index contributed by atoms with van der Waals surface area (Å²) in [7, 11) is -3.87. The van der Waals surface area contributed by atoms with Crippen LogP contribution in [-0.2, 0) is 22.9 Å². The quantitative estimate of drug-likeness (QED) is 0.448. The minimum absolute atomic E-state index is 0.0120. The van der Waals surface area contributed by atoms with Crippen molar-refractivity contribution in [1.82, 2.24) is 14.8 Å². The molecule has 4 rings (SSSR count). The zero-order chi connectivity index (χ0) is 26.5. The van der Waals surface area contributed by atoms with Crippen LogP contribution in [0.1, 0.15) is 58.8 Å². The summed E-state index contributed by atoms with van der Waals surface area (Å²) >= 11 is 5.91. The Bertz CT molecular complexity index is 1280. The molecule has 1 aromatic heterocycles. The van der Waals surface area contributed by atoms with E-state index >= 15 is 0 Å². The van der Waals surface area contributed by atoms with Gasteiger partial charge in [-0.15, -0.1) is 0 Å². The van der Waals surface area contributed by atoms with Gasteiger partial charge in [0.05, 0.1) is 22.2 Å². The monoisotopic (exact) mass is 537 g/mol. The number of hydrogen-bond donors (Lipinski definition) is 3. The second-order valence-corrected chi connectivity index (χ2v) is 13.6. The van der Waals surface area contributed by atoms with Gasteiger partial charge in [-0.3, -0.25) is 9.59 Å². The molecule has 2 aliphatic rings. The molecule has 0 unspecified atom stereocenters. The highest BCUT2D eigenvalue weighted by Gasteiger charge is 2.62. The molecule has 2 heterocycles. The normalized spacial score (nSPS) is 18.1. The number of rotatable bonds is 9. The molecule has 0 bridgehead atoms. The largest absolute Gasteiger partial charge is 0.394 e. The van der Waals surface area contributed by atoms with E-state index in [2.05, 4.69) is 5.32 Å². The van der Waals surface area contributed by atoms with Crippen LogP contribution in [0.4, 0.5) is 0 Å². The van der Waals surface area contributed by atoms with Crippen molar-refractivity contribution in [2.45, 2.75) is 62.3 Å². The third kappa shape index (κ3) is 4.44. The van der Waals surface area contributed by atoms with Gasteiger partial charge in [-0.05, 0) is 62.9 Å². The van der Waals surface area contributed by atoms with Gasteiger partial charge in [0.2, 0.25) is 0 Å². The van der Waals surface area contributed by atoms with E-state index in [1.54, 1.807) is 29.7 Å². The Balaban J connectivity index is 1.51. The summed E-state index contributed by atoms with van der Waals surface area (Å²) in [4.78, 5) is 27.9. The first-order valence-corrected chi connectivity index (χ1v) is 13.8. The van der Waals surface area contributed by atoms with Crippen molar-refractivity contribution < 1.29 is 28.2 Å². The molecule has 9 nitrogen and oxygen atoms in total.